The first kappa shape index (κ1) is 40.0. The van der Waals surface area contributed by atoms with E-state index in [4.69, 9.17) is 19.9 Å². The Bertz CT molecular complexity index is 3830. The van der Waals surface area contributed by atoms with Crippen LogP contribution in [0, 0.1) is 0 Å². The van der Waals surface area contributed by atoms with Crippen molar-refractivity contribution in [3.63, 3.8) is 0 Å². The van der Waals surface area contributed by atoms with Crippen LogP contribution in [0.25, 0.3) is 122 Å². The molecular formula is C63H44N4. The molecule has 0 atom stereocenters. The maximum Gasteiger partial charge on any atom is 0.160 e. The first-order valence-corrected chi connectivity index (χ1v) is 23.0. The Kier molecular flexibility index (Phi) is 9.99. The van der Waals surface area contributed by atoms with Gasteiger partial charge < -0.3 is 0 Å². The predicted octanol–water partition coefficient (Wildman–Crippen LogP) is 16.7. The fourth-order valence-electron chi connectivity index (χ4n) is 9.47. The van der Waals surface area contributed by atoms with E-state index in [-0.39, 0.29) is 5.92 Å². The number of para-hydroxylation sites is 2. The summed E-state index contributed by atoms with van der Waals surface area (Å²) in [7, 11) is 0. The molecule has 12 rings (SSSR count). The molecule has 0 bridgehead atoms. The third kappa shape index (κ3) is 7.59. The van der Waals surface area contributed by atoms with Crippen LogP contribution in [0.4, 0.5) is 0 Å². The zero-order chi connectivity index (χ0) is 44.8. The van der Waals surface area contributed by atoms with Gasteiger partial charge in [0.1, 0.15) is 0 Å². The highest BCUT2D eigenvalue weighted by Crippen LogP contribution is 2.37. The lowest BCUT2D eigenvalue weighted by Gasteiger charge is -2.15. The fourth-order valence-corrected chi connectivity index (χ4v) is 9.47. The van der Waals surface area contributed by atoms with E-state index in [1.165, 1.54) is 43.8 Å². The van der Waals surface area contributed by atoms with Gasteiger partial charge in [0, 0.05) is 33.0 Å². The molecule has 0 aliphatic rings. The van der Waals surface area contributed by atoms with Crippen LogP contribution in [0.1, 0.15) is 25.3 Å². The van der Waals surface area contributed by atoms with Crippen LogP contribution in [0.5, 0.6) is 0 Å². The van der Waals surface area contributed by atoms with Gasteiger partial charge in [0.15, 0.2) is 11.6 Å². The second kappa shape index (κ2) is 16.8. The molecule has 4 nitrogen and oxygen atoms in total. The molecule has 0 saturated heterocycles. The van der Waals surface area contributed by atoms with Gasteiger partial charge >= 0.3 is 0 Å². The van der Waals surface area contributed by atoms with Crippen molar-refractivity contribution in [1.82, 2.24) is 19.9 Å². The fraction of sp³-hybridized carbons (Fsp3) is 0.0476. The average Bonchev–Trinajstić information content (AvgIpc) is 3.40. The molecule has 0 radical (unpaired) electrons. The monoisotopic (exact) mass is 856 g/mol. The third-order valence-electron chi connectivity index (χ3n) is 13.0. The van der Waals surface area contributed by atoms with Gasteiger partial charge in [-0.1, -0.05) is 208 Å². The zero-order valence-electron chi connectivity index (χ0n) is 37.2. The molecule has 0 N–H and O–H groups in total. The molecule has 2 aromatic heterocycles. The van der Waals surface area contributed by atoms with E-state index in [0.717, 1.165) is 72.1 Å². The van der Waals surface area contributed by atoms with E-state index in [2.05, 4.69) is 232 Å². The van der Waals surface area contributed by atoms with Crippen molar-refractivity contribution in [2.45, 2.75) is 19.8 Å². The normalized spacial score (nSPS) is 11.6. The lowest BCUT2D eigenvalue weighted by molar-refractivity contribution is 0.872. The second-order valence-corrected chi connectivity index (χ2v) is 17.6. The molecule has 67 heavy (non-hydrogen) atoms. The van der Waals surface area contributed by atoms with Crippen LogP contribution in [0.2, 0.25) is 0 Å². The van der Waals surface area contributed by atoms with E-state index in [1.54, 1.807) is 0 Å². The van der Waals surface area contributed by atoms with Crippen LogP contribution in [-0.4, -0.2) is 19.9 Å². The van der Waals surface area contributed by atoms with Gasteiger partial charge in [-0.05, 0) is 96.7 Å². The summed E-state index contributed by atoms with van der Waals surface area (Å²) in [6, 6.07) is 79.7. The first-order chi connectivity index (χ1) is 33.0. The van der Waals surface area contributed by atoms with Crippen molar-refractivity contribution in [1.29, 1.82) is 0 Å². The standard InChI is InChI=1S/C63H44N4/c1-40(2)55-21-11-22-57-60(66-62(67-61(55)57)46-32-26-44(27-33-46)52-35-29-42-13-4-6-15-48(42)37-52)53-18-9-16-49(38-53)50-17-10-19-54(39-50)63-64-58-23-8-7-20-56(58)59(65-63)45-30-24-43(25-31-45)51-34-28-41-12-3-5-14-47(41)36-51/h3-40H,1-2H3. The number of hydrogen-bond acceptors (Lipinski definition) is 4. The van der Waals surface area contributed by atoms with E-state index >= 15 is 0 Å². The van der Waals surface area contributed by atoms with Crippen molar-refractivity contribution >= 4 is 43.4 Å². The van der Waals surface area contributed by atoms with Crippen molar-refractivity contribution in [2.75, 3.05) is 0 Å². The number of nitrogens with zero attached hydrogens (tertiary/aromatic N) is 4. The molecule has 10 aromatic carbocycles. The molecular weight excluding hydrogens is 813 g/mol. The Morgan fingerprint density at radius 1 is 0.284 bits per heavy atom. The second-order valence-electron chi connectivity index (χ2n) is 17.6. The largest absolute Gasteiger partial charge is 0.228 e. The quantitative estimate of drug-likeness (QED) is 0.153. The van der Waals surface area contributed by atoms with Crippen LogP contribution in [0.15, 0.2) is 224 Å². The number of aromatic nitrogens is 4. The van der Waals surface area contributed by atoms with E-state index in [0.29, 0.717) is 11.6 Å². The minimum atomic E-state index is 0.288. The topological polar surface area (TPSA) is 51.6 Å². The highest BCUT2D eigenvalue weighted by molar-refractivity contribution is 5.97. The van der Waals surface area contributed by atoms with Gasteiger partial charge in [-0.25, -0.2) is 19.9 Å². The summed E-state index contributed by atoms with van der Waals surface area (Å²) in [6.45, 7) is 4.46. The molecule has 0 unspecified atom stereocenters. The lowest BCUT2D eigenvalue weighted by Crippen LogP contribution is -1.99. The summed E-state index contributed by atoms with van der Waals surface area (Å²) < 4.78 is 0. The number of fused-ring (bicyclic) bond motifs is 4. The summed E-state index contributed by atoms with van der Waals surface area (Å²) >= 11 is 0. The Morgan fingerprint density at radius 2 is 0.731 bits per heavy atom. The van der Waals surface area contributed by atoms with Gasteiger partial charge in [-0.15, -0.1) is 0 Å². The molecule has 0 fully saturated rings. The molecule has 0 spiro atoms. The van der Waals surface area contributed by atoms with Gasteiger partial charge in [0.25, 0.3) is 0 Å². The Hall–Kier alpha value is -8.60. The predicted molar refractivity (Wildman–Crippen MR) is 280 cm³/mol. The summed E-state index contributed by atoms with van der Waals surface area (Å²) in [6.07, 6.45) is 0. The van der Waals surface area contributed by atoms with Crippen LogP contribution >= 0.6 is 0 Å². The van der Waals surface area contributed by atoms with Crippen molar-refractivity contribution < 1.29 is 0 Å². The maximum atomic E-state index is 5.36. The zero-order valence-corrected chi connectivity index (χ0v) is 37.2. The van der Waals surface area contributed by atoms with Gasteiger partial charge in [-0.2, -0.15) is 0 Å². The highest BCUT2D eigenvalue weighted by atomic mass is 14.9. The van der Waals surface area contributed by atoms with Gasteiger partial charge in [0.2, 0.25) is 0 Å². The van der Waals surface area contributed by atoms with Crippen molar-refractivity contribution in [3.8, 4) is 78.7 Å². The van der Waals surface area contributed by atoms with Crippen LogP contribution in [0.3, 0.4) is 0 Å². The molecule has 0 saturated carbocycles. The molecule has 0 aliphatic carbocycles. The molecule has 316 valence electrons. The Balaban J connectivity index is 0.901. The van der Waals surface area contributed by atoms with Crippen molar-refractivity contribution in [2.24, 2.45) is 0 Å². The van der Waals surface area contributed by atoms with Crippen LogP contribution in [-0.2, 0) is 0 Å². The number of benzene rings is 10. The molecule has 12 aromatic rings. The van der Waals surface area contributed by atoms with E-state index in [9.17, 15) is 0 Å². The highest BCUT2D eigenvalue weighted by Gasteiger charge is 2.18. The van der Waals surface area contributed by atoms with E-state index in [1.807, 2.05) is 6.07 Å². The molecule has 2 heterocycles. The summed E-state index contributed by atoms with van der Waals surface area (Å²) in [5, 5.41) is 7.00. The molecule has 0 amide bonds. The summed E-state index contributed by atoms with van der Waals surface area (Å²) in [4.78, 5) is 21.0. The smallest absolute Gasteiger partial charge is 0.160 e. The third-order valence-corrected chi connectivity index (χ3v) is 13.0. The van der Waals surface area contributed by atoms with Crippen LogP contribution < -0.4 is 0 Å². The first-order valence-electron chi connectivity index (χ1n) is 23.0. The summed E-state index contributed by atoms with van der Waals surface area (Å²) in [5.74, 6) is 1.68. The molecule has 4 heteroatoms. The average molecular weight is 857 g/mol. The van der Waals surface area contributed by atoms with E-state index < -0.39 is 0 Å². The molecule has 0 aliphatic heterocycles. The number of hydrogen-bond donors (Lipinski definition) is 0. The minimum Gasteiger partial charge on any atom is -0.228 e. The SMILES string of the molecule is CC(C)c1cccc2c(-c3cccc(-c4cccc(-c5nc(-c6ccc(-c7ccc8ccccc8c7)cc6)c6ccccc6n5)c4)c3)nc(-c3ccc(-c4ccc5ccccc5c4)cc3)nc12. The Labute approximate surface area is 390 Å². The van der Waals surface area contributed by atoms with Gasteiger partial charge in [0.05, 0.1) is 22.4 Å². The Morgan fingerprint density at radius 3 is 1.37 bits per heavy atom. The van der Waals surface area contributed by atoms with Gasteiger partial charge in [-0.3, -0.25) is 0 Å². The minimum absolute atomic E-state index is 0.288. The lowest BCUT2D eigenvalue weighted by atomic mass is 9.95. The number of rotatable bonds is 8. The summed E-state index contributed by atoms with van der Waals surface area (Å²) in [5.41, 5.74) is 15.8. The van der Waals surface area contributed by atoms with Crippen molar-refractivity contribution in [3.05, 3.63) is 230 Å². The maximum absolute atomic E-state index is 5.36.